The second-order valence-electron chi connectivity index (χ2n) is 18.3. The molecule has 0 saturated heterocycles. The molecule has 4 heterocycles. The van der Waals surface area contributed by atoms with Crippen molar-refractivity contribution in [3.8, 4) is 0 Å². The van der Waals surface area contributed by atoms with Crippen molar-refractivity contribution in [3.63, 3.8) is 0 Å². The fraction of sp³-hybridized carbons (Fsp3) is 0.172. The number of aromatic nitrogens is 1. The van der Waals surface area contributed by atoms with Crippen LogP contribution in [0, 0.1) is 13.8 Å². The number of hydrogen-bond donors (Lipinski definition) is 0. The van der Waals surface area contributed by atoms with Gasteiger partial charge < -0.3 is 19.1 Å². The van der Waals surface area contributed by atoms with Gasteiger partial charge in [-0.05, 0) is 136 Å². The number of rotatable bonds is 6. The second-order valence-corrected chi connectivity index (χ2v) is 18.3. The van der Waals surface area contributed by atoms with Crippen LogP contribution in [0.5, 0.6) is 0 Å². The molecule has 0 fully saturated rings. The Labute approximate surface area is 363 Å². The Hall–Kier alpha value is -7.04. The number of nitrogens with zero attached hydrogens (tertiary/aromatic N) is 4. The molecule has 2 aliphatic heterocycles. The largest absolute Gasteiger partial charge is 0.334 e. The van der Waals surface area contributed by atoms with E-state index in [0.29, 0.717) is 0 Å². The van der Waals surface area contributed by atoms with Gasteiger partial charge in [-0.3, -0.25) is 0 Å². The maximum absolute atomic E-state index is 2.67. The number of para-hydroxylation sites is 3. The Balaban J connectivity index is 1.05. The van der Waals surface area contributed by atoms with E-state index in [1.165, 1.54) is 117 Å². The molecule has 13 rings (SSSR count). The number of benzene rings is 6. The highest BCUT2D eigenvalue weighted by Crippen LogP contribution is 2.62. The van der Waals surface area contributed by atoms with Crippen LogP contribution in [0.15, 0.2) is 186 Å². The number of allylic oxidation sites excluding steroid dienone is 7. The van der Waals surface area contributed by atoms with Crippen LogP contribution < -0.4 is 14.7 Å². The van der Waals surface area contributed by atoms with E-state index < -0.39 is 0 Å². The molecule has 5 aliphatic rings. The van der Waals surface area contributed by atoms with Crippen molar-refractivity contribution in [1.82, 2.24) is 4.40 Å². The highest BCUT2D eigenvalue weighted by atomic mass is 15.3. The normalized spacial score (nSPS) is 20.0. The molecule has 4 heteroatoms. The first kappa shape index (κ1) is 35.7. The Kier molecular flexibility index (Phi) is 7.62. The van der Waals surface area contributed by atoms with Crippen LogP contribution in [0.1, 0.15) is 61.3 Å². The molecule has 0 spiro atoms. The summed E-state index contributed by atoms with van der Waals surface area (Å²) in [6, 6.07) is 46.5. The van der Waals surface area contributed by atoms with Crippen molar-refractivity contribution in [3.05, 3.63) is 209 Å². The number of aryl methyl sites for hydroxylation is 2. The maximum atomic E-state index is 2.67. The van der Waals surface area contributed by atoms with Crippen molar-refractivity contribution in [2.75, 3.05) is 14.7 Å². The number of hydrogen-bond acceptors (Lipinski definition) is 3. The summed E-state index contributed by atoms with van der Waals surface area (Å²) in [7, 11) is 0. The summed E-state index contributed by atoms with van der Waals surface area (Å²) >= 11 is 0. The first-order chi connectivity index (χ1) is 30.4. The zero-order valence-electron chi connectivity index (χ0n) is 35.7. The quantitative estimate of drug-likeness (QED) is 0.166. The first-order valence-corrected chi connectivity index (χ1v) is 22.4. The van der Waals surface area contributed by atoms with Crippen LogP contribution in [0.2, 0.25) is 0 Å². The molecule has 6 aromatic carbocycles. The van der Waals surface area contributed by atoms with E-state index >= 15 is 0 Å². The Morgan fingerprint density at radius 3 is 2.29 bits per heavy atom. The van der Waals surface area contributed by atoms with E-state index in [2.05, 4.69) is 211 Å². The lowest BCUT2D eigenvalue weighted by molar-refractivity contribution is 0.725. The molecule has 62 heavy (non-hydrogen) atoms. The fourth-order valence-corrected chi connectivity index (χ4v) is 12.1. The lowest BCUT2D eigenvalue weighted by atomic mass is 9.81. The molecule has 2 unspecified atom stereocenters. The van der Waals surface area contributed by atoms with Gasteiger partial charge in [0.2, 0.25) is 0 Å². The first-order valence-electron chi connectivity index (χ1n) is 22.4. The number of fused-ring (bicyclic) bond motifs is 12. The Morgan fingerprint density at radius 2 is 1.47 bits per heavy atom. The van der Waals surface area contributed by atoms with Crippen LogP contribution in [-0.2, 0) is 0 Å². The van der Waals surface area contributed by atoms with E-state index in [1.54, 1.807) is 0 Å². The van der Waals surface area contributed by atoms with E-state index in [9.17, 15) is 0 Å². The number of anilines is 5. The van der Waals surface area contributed by atoms with Crippen LogP contribution in [0.4, 0.5) is 28.4 Å². The minimum Gasteiger partial charge on any atom is -0.334 e. The Morgan fingerprint density at radius 1 is 0.661 bits per heavy atom. The fourth-order valence-electron chi connectivity index (χ4n) is 12.1. The summed E-state index contributed by atoms with van der Waals surface area (Å²) in [5.41, 5.74) is 22.2. The average Bonchev–Trinajstić information content (AvgIpc) is 4.00. The average molecular weight is 801 g/mol. The molecule has 3 atom stereocenters. The van der Waals surface area contributed by atoms with Gasteiger partial charge in [0.15, 0.2) is 0 Å². The molecule has 4 nitrogen and oxygen atoms in total. The summed E-state index contributed by atoms with van der Waals surface area (Å²) < 4.78 is 2.59. The Bertz CT molecular complexity index is 3380. The van der Waals surface area contributed by atoms with Crippen LogP contribution in [0.3, 0.4) is 0 Å². The molecule has 8 aromatic rings. The van der Waals surface area contributed by atoms with Gasteiger partial charge in [-0.1, -0.05) is 108 Å². The zero-order valence-corrected chi connectivity index (χ0v) is 35.7. The molecular formula is C58H48N4. The summed E-state index contributed by atoms with van der Waals surface area (Å²) in [5, 5.41) is 5.28. The predicted molar refractivity (Wildman–Crippen MR) is 262 cm³/mol. The molecule has 2 aromatic heterocycles. The predicted octanol–water partition coefficient (Wildman–Crippen LogP) is 14.9. The van der Waals surface area contributed by atoms with Crippen molar-refractivity contribution >= 4 is 72.1 Å². The maximum Gasteiger partial charge on any atom is 0.0723 e. The second kappa shape index (κ2) is 13.2. The van der Waals surface area contributed by atoms with Gasteiger partial charge in [-0.2, -0.15) is 0 Å². The van der Waals surface area contributed by atoms with E-state index in [-0.39, 0.29) is 18.0 Å². The lowest BCUT2D eigenvalue weighted by Crippen LogP contribution is -2.34. The molecule has 0 bridgehead atoms. The summed E-state index contributed by atoms with van der Waals surface area (Å²) in [4.78, 5) is 7.84. The van der Waals surface area contributed by atoms with Crippen molar-refractivity contribution < 1.29 is 0 Å². The van der Waals surface area contributed by atoms with Crippen LogP contribution in [0.25, 0.3) is 43.7 Å². The molecule has 300 valence electrons. The molecule has 0 saturated carbocycles. The third kappa shape index (κ3) is 5.01. The van der Waals surface area contributed by atoms with Gasteiger partial charge >= 0.3 is 0 Å². The summed E-state index contributed by atoms with van der Waals surface area (Å²) in [5.74, 6) is 0.147. The summed E-state index contributed by atoms with van der Waals surface area (Å²) in [6.07, 6.45) is 20.0. The standard InChI is InChI=1S/C58H48N4/c1-35-27-36(2)30-41(29-35)59(39-15-7-5-8-16-39)51-25-23-43-47-33-54-48(34-53(47)61-49-21-13-11-19-45(49)55(51)57(43)61)44-24-26-52(56-46-20-12-14-22-50(46)62(54)58(44)56)60(40-17-9-6-10-18-40)42-31-37(3)28-38(4)32-42/h5,7-9,11-31,33-34,42,55,57H,6,10,32H2,1-4H3/t42?,55-,57?/m0/s1. The summed E-state index contributed by atoms with van der Waals surface area (Å²) in [6.45, 7) is 8.96. The molecular weight excluding hydrogens is 753 g/mol. The van der Waals surface area contributed by atoms with Crippen LogP contribution >= 0.6 is 0 Å². The smallest absolute Gasteiger partial charge is 0.0723 e. The third-order valence-electron chi connectivity index (χ3n) is 14.2. The van der Waals surface area contributed by atoms with Gasteiger partial charge in [-0.15, -0.1) is 0 Å². The van der Waals surface area contributed by atoms with Gasteiger partial charge in [0.05, 0.1) is 45.9 Å². The topological polar surface area (TPSA) is 14.1 Å². The third-order valence-corrected chi connectivity index (χ3v) is 14.2. The van der Waals surface area contributed by atoms with Gasteiger partial charge in [0.1, 0.15) is 0 Å². The molecule has 3 aliphatic carbocycles. The zero-order chi connectivity index (χ0) is 41.4. The lowest BCUT2D eigenvalue weighted by Gasteiger charge is -2.36. The SMILES string of the molecule is CC1=CC(N(C2=CCCC=C2)c2ccc3c4cc5c(cc4n4c6ccccc6c2c34)C2=CC=C(N(c3ccccc3)c3cc(C)cc(C)c3)[C@@H]3c4ccccc4N5C23)CC(C)=C1. The minimum absolute atomic E-state index is 0.147. The molecule has 0 amide bonds. The van der Waals surface area contributed by atoms with Gasteiger partial charge in [0.25, 0.3) is 0 Å². The minimum atomic E-state index is 0.147. The van der Waals surface area contributed by atoms with Gasteiger partial charge in [0, 0.05) is 55.6 Å². The van der Waals surface area contributed by atoms with Gasteiger partial charge in [-0.25, -0.2) is 0 Å². The van der Waals surface area contributed by atoms with E-state index in [4.69, 9.17) is 0 Å². The molecule has 0 radical (unpaired) electrons. The van der Waals surface area contributed by atoms with Crippen molar-refractivity contribution in [2.24, 2.45) is 0 Å². The van der Waals surface area contributed by atoms with Crippen molar-refractivity contribution in [2.45, 2.75) is 65.0 Å². The van der Waals surface area contributed by atoms with Crippen LogP contribution in [-0.4, -0.2) is 16.5 Å². The monoisotopic (exact) mass is 800 g/mol. The highest BCUT2D eigenvalue weighted by molar-refractivity contribution is 6.27. The highest BCUT2D eigenvalue weighted by Gasteiger charge is 2.51. The van der Waals surface area contributed by atoms with E-state index in [1.807, 2.05) is 0 Å². The van der Waals surface area contributed by atoms with Crippen molar-refractivity contribution in [1.29, 1.82) is 0 Å². The molecule has 0 N–H and O–H groups in total. The van der Waals surface area contributed by atoms with E-state index in [0.717, 1.165) is 19.3 Å².